The van der Waals surface area contributed by atoms with Gasteiger partial charge in [-0.05, 0) is 81.3 Å². The van der Waals surface area contributed by atoms with Crippen LogP contribution in [0.5, 0.6) is 0 Å². The summed E-state index contributed by atoms with van der Waals surface area (Å²) in [6.45, 7) is 17.1. The van der Waals surface area contributed by atoms with E-state index in [0.29, 0.717) is 0 Å². The molecular formula is C36H42N4S2. The van der Waals surface area contributed by atoms with Crippen molar-refractivity contribution < 1.29 is 0 Å². The van der Waals surface area contributed by atoms with Crippen LogP contribution in [0.4, 0.5) is 17.1 Å². The van der Waals surface area contributed by atoms with Crippen LogP contribution in [0.15, 0.2) is 98.4 Å². The van der Waals surface area contributed by atoms with Crippen LogP contribution in [-0.2, 0) is 0 Å². The lowest BCUT2D eigenvalue weighted by molar-refractivity contribution is 0.586. The summed E-state index contributed by atoms with van der Waals surface area (Å²) in [5, 5.41) is 3.51. The molecule has 4 aromatic carbocycles. The minimum atomic E-state index is 1.02. The Morgan fingerprint density at radius 1 is 0.500 bits per heavy atom. The molecule has 2 fully saturated rings. The Morgan fingerprint density at radius 2 is 1.05 bits per heavy atom. The smallest absolute Gasteiger partial charge is 0.0510 e. The summed E-state index contributed by atoms with van der Waals surface area (Å²) in [6.07, 6.45) is 0. The highest BCUT2D eigenvalue weighted by Crippen LogP contribution is 2.41. The predicted molar refractivity (Wildman–Crippen MR) is 182 cm³/mol. The molecule has 0 saturated carbocycles. The molecule has 2 heterocycles. The maximum atomic E-state index is 3.51. The predicted octanol–water partition coefficient (Wildman–Crippen LogP) is 7.96. The van der Waals surface area contributed by atoms with Gasteiger partial charge in [0, 0.05) is 77.6 Å². The Balaban J connectivity index is 1.20. The van der Waals surface area contributed by atoms with Crippen LogP contribution < -0.4 is 20.0 Å². The van der Waals surface area contributed by atoms with Crippen molar-refractivity contribution in [3.8, 4) is 0 Å². The zero-order valence-electron chi connectivity index (χ0n) is 25.3. The van der Waals surface area contributed by atoms with Crippen LogP contribution in [0.2, 0.25) is 0 Å². The summed E-state index contributed by atoms with van der Waals surface area (Å²) >= 11 is 3.81. The van der Waals surface area contributed by atoms with Gasteiger partial charge in [0.2, 0.25) is 0 Å². The van der Waals surface area contributed by atoms with Crippen molar-refractivity contribution in [1.82, 2.24) is 5.32 Å². The number of nitrogens with one attached hydrogen (secondary N) is 1. The average molecular weight is 595 g/mol. The molecule has 0 unspecified atom stereocenters. The molecule has 0 spiro atoms. The maximum absolute atomic E-state index is 3.51. The van der Waals surface area contributed by atoms with Crippen molar-refractivity contribution in [3.63, 3.8) is 0 Å². The van der Waals surface area contributed by atoms with Gasteiger partial charge in [-0.15, -0.1) is 0 Å². The van der Waals surface area contributed by atoms with Gasteiger partial charge in [-0.1, -0.05) is 71.0 Å². The van der Waals surface area contributed by atoms with Crippen LogP contribution in [0, 0.1) is 27.7 Å². The van der Waals surface area contributed by atoms with Gasteiger partial charge in [-0.25, -0.2) is 0 Å². The molecule has 218 valence electrons. The molecule has 0 radical (unpaired) electrons. The van der Waals surface area contributed by atoms with Crippen molar-refractivity contribution in [2.24, 2.45) is 0 Å². The van der Waals surface area contributed by atoms with Gasteiger partial charge in [-0.2, -0.15) is 0 Å². The third kappa shape index (κ3) is 6.61. The van der Waals surface area contributed by atoms with E-state index in [-0.39, 0.29) is 0 Å². The molecule has 2 aliphatic heterocycles. The van der Waals surface area contributed by atoms with Crippen molar-refractivity contribution in [2.75, 3.05) is 67.1 Å². The number of aryl methyl sites for hydroxylation is 4. The minimum Gasteiger partial charge on any atom is -0.368 e. The van der Waals surface area contributed by atoms with Crippen LogP contribution in [0.3, 0.4) is 0 Å². The lowest BCUT2D eigenvalue weighted by Gasteiger charge is -2.38. The second kappa shape index (κ2) is 13.1. The molecule has 4 nitrogen and oxygen atoms in total. The third-order valence-corrected chi connectivity index (χ3v) is 10.8. The van der Waals surface area contributed by atoms with Gasteiger partial charge in [0.25, 0.3) is 0 Å². The first-order valence-corrected chi connectivity index (χ1v) is 16.8. The maximum Gasteiger partial charge on any atom is 0.0510 e. The summed E-state index contributed by atoms with van der Waals surface area (Å²) in [7, 11) is 0. The molecule has 42 heavy (non-hydrogen) atoms. The SMILES string of the molecule is Cc1ccc(Sc2cc(N3CCN(c4ccccc4Sc4ccc(C)cc4C)CC3)ccc2N2CCNCC2)c(C)c1. The van der Waals surface area contributed by atoms with E-state index in [2.05, 4.69) is 127 Å². The van der Waals surface area contributed by atoms with Crippen LogP contribution in [0.25, 0.3) is 0 Å². The molecule has 1 N–H and O–H groups in total. The summed E-state index contributed by atoms with van der Waals surface area (Å²) in [6, 6.07) is 29.7. The van der Waals surface area contributed by atoms with Crippen molar-refractivity contribution >= 4 is 40.6 Å². The van der Waals surface area contributed by atoms with E-state index in [0.717, 1.165) is 52.4 Å². The van der Waals surface area contributed by atoms with Gasteiger partial charge in [0.15, 0.2) is 0 Å². The molecule has 0 atom stereocenters. The highest BCUT2D eigenvalue weighted by molar-refractivity contribution is 7.99. The van der Waals surface area contributed by atoms with E-state index in [4.69, 9.17) is 0 Å². The second-order valence-electron chi connectivity index (χ2n) is 11.6. The zero-order valence-corrected chi connectivity index (χ0v) is 27.0. The fourth-order valence-electron chi connectivity index (χ4n) is 6.02. The van der Waals surface area contributed by atoms with Gasteiger partial charge >= 0.3 is 0 Å². The number of rotatable bonds is 7. The van der Waals surface area contributed by atoms with E-state index < -0.39 is 0 Å². The number of para-hydroxylation sites is 1. The standard InChI is InChI=1S/C36H42N4S2/c1-26-9-13-33(28(3)23-26)41-35-8-6-5-7-31(35)40-21-19-38(20-22-40)30-11-12-32(39-17-15-37-16-18-39)36(25-30)42-34-14-10-27(2)24-29(34)4/h5-14,23-25,37H,15-22H2,1-4H3. The van der Waals surface area contributed by atoms with E-state index in [1.807, 2.05) is 23.5 Å². The number of hydrogen-bond donors (Lipinski definition) is 1. The summed E-state index contributed by atoms with van der Waals surface area (Å²) in [4.78, 5) is 13.1. The molecule has 0 aliphatic carbocycles. The van der Waals surface area contributed by atoms with Gasteiger partial charge in [-0.3, -0.25) is 0 Å². The number of piperazine rings is 2. The number of anilines is 3. The van der Waals surface area contributed by atoms with Crippen LogP contribution in [0.1, 0.15) is 22.3 Å². The molecular weight excluding hydrogens is 553 g/mol. The normalized spacial score (nSPS) is 15.8. The molecule has 2 saturated heterocycles. The van der Waals surface area contributed by atoms with Crippen LogP contribution in [-0.4, -0.2) is 52.4 Å². The zero-order chi connectivity index (χ0) is 29.1. The summed E-state index contributed by atoms with van der Waals surface area (Å²) in [5.74, 6) is 0. The quantitative estimate of drug-likeness (QED) is 0.233. The highest BCUT2D eigenvalue weighted by atomic mass is 32.2. The van der Waals surface area contributed by atoms with Crippen molar-refractivity contribution in [3.05, 3.63) is 101 Å². The van der Waals surface area contributed by atoms with Gasteiger partial charge in [0.1, 0.15) is 0 Å². The fourth-order valence-corrected chi connectivity index (χ4v) is 8.14. The largest absolute Gasteiger partial charge is 0.368 e. The molecule has 0 bridgehead atoms. The minimum absolute atomic E-state index is 1.02. The lowest BCUT2D eigenvalue weighted by Crippen LogP contribution is -2.46. The van der Waals surface area contributed by atoms with Gasteiger partial charge < -0.3 is 20.0 Å². The average Bonchev–Trinajstić information content (AvgIpc) is 3.01. The van der Waals surface area contributed by atoms with Crippen molar-refractivity contribution in [2.45, 2.75) is 47.3 Å². The van der Waals surface area contributed by atoms with Gasteiger partial charge in [0.05, 0.1) is 11.4 Å². The van der Waals surface area contributed by atoms with E-state index >= 15 is 0 Å². The Morgan fingerprint density at radius 3 is 1.69 bits per heavy atom. The Kier molecular flexibility index (Phi) is 9.03. The first kappa shape index (κ1) is 29.0. The molecule has 4 aromatic rings. The van der Waals surface area contributed by atoms with E-state index in [1.165, 1.54) is 58.9 Å². The Bertz CT molecular complexity index is 1540. The molecule has 6 heteroatoms. The first-order valence-electron chi connectivity index (χ1n) is 15.1. The fraction of sp³-hybridized carbons (Fsp3) is 0.333. The summed E-state index contributed by atoms with van der Waals surface area (Å²) < 4.78 is 0. The first-order chi connectivity index (χ1) is 20.4. The Labute approximate surface area is 260 Å². The number of benzene rings is 4. The topological polar surface area (TPSA) is 21.8 Å². The number of nitrogens with zero attached hydrogens (tertiary/aromatic N) is 3. The molecule has 2 aliphatic rings. The second-order valence-corrected chi connectivity index (χ2v) is 13.7. The number of hydrogen-bond acceptors (Lipinski definition) is 6. The van der Waals surface area contributed by atoms with Crippen LogP contribution >= 0.6 is 23.5 Å². The monoisotopic (exact) mass is 594 g/mol. The van der Waals surface area contributed by atoms with E-state index in [9.17, 15) is 0 Å². The third-order valence-electron chi connectivity index (χ3n) is 8.35. The Hall–Kier alpha value is -3.06. The molecule has 6 rings (SSSR count). The molecule has 0 amide bonds. The van der Waals surface area contributed by atoms with E-state index in [1.54, 1.807) is 0 Å². The van der Waals surface area contributed by atoms with Crippen molar-refractivity contribution in [1.29, 1.82) is 0 Å². The highest BCUT2D eigenvalue weighted by Gasteiger charge is 2.22. The molecule has 0 aromatic heterocycles. The summed E-state index contributed by atoms with van der Waals surface area (Å²) in [5.41, 5.74) is 9.38. The lowest BCUT2D eigenvalue weighted by atomic mass is 10.2.